The Bertz CT molecular complexity index is 1710. The number of rotatable bonds is 5. The third-order valence-corrected chi connectivity index (χ3v) is 7.21. The fraction of sp³-hybridized carbons (Fsp3) is 0.160. The molecule has 2 heterocycles. The zero-order chi connectivity index (χ0) is 29.1. The summed E-state index contributed by atoms with van der Waals surface area (Å²) in [6.07, 6.45) is -6.67. The molecule has 4 aromatic rings. The molecule has 0 saturated heterocycles. The number of hydrogen-bond donors (Lipinski definition) is 2. The number of nitrogens with one attached hydrogen (secondary N) is 2. The molecule has 2 N–H and O–H groups in total. The number of nitrogens with zero attached hydrogens (tertiary/aromatic N) is 2. The zero-order valence-corrected chi connectivity index (χ0v) is 21.4. The van der Waals surface area contributed by atoms with Crippen LogP contribution in [-0.2, 0) is 17.9 Å². The molecule has 0 aliphatic carbocycles. The monoisotopic (exact) mass is 597 g/mol. The van der Waals surface area contributed by atoms with Crippen LogP contribution in [0.5, 0.6) is 0 Å². The van der Waals surface area contributed by atoms with E-state index < -0.39 is 58.9 Å². The van der Waals surface area contributed by atoms with Gasteiger partial charge in [-0.15, -0.1) is 0 Å². The van der Waals surface area contributed by atoms with Gasteiger partial charge in [-0.3, -0.25) is 14.3 Å². The summed E-state index contributed by atoms with van der Waals surface area (Å²) >= 11 is 6.31. The van der Waals surface area contributed by atoms with Gasteiger partial charge in [-0.2, -0.15) is 18.3 Å². The first kappa shape index (κ1) is 27.6. The Morgan fingerprint density at radius 2 is 1.85 bits per heavy atom. The van der Waals surface area contributed by atoms with Gasteiger partial charge in [-0.1, -0.05) is 11.6 Å². The van der Waals surface area contributed by atoms with Crippen molar-refractivity contribution in [3.8, 4) is 0 Å². The smallest absolute Gasteiger partial charge is 0.342 e. The first-order chi connectivity index (χ1) is 18.7. The Morgan fingerprint density at radius 1 is 1.12 bits per heavy atom. The molecule has 1 atom stereocenters. The fourth-order valence-corrected chi connectivity index (χ4v) is 5.50. The van der Waals surface area contributed by atoms with E-state index >= 15 is 0 Å². The molecule has 0 saturated carbocycles. The second kappa shape index (κ2) is 9.62. The number of halogens is 8. The van der Waals surface area contributed by atoms with Crippen LogP contribution in [0.15, 0.2) is 48.7 Å². The number of fused-ring (bicyclic) bond motifs is 3. The van der Waals surface area contributed by atoms with Crippen LogP contribution < -0.4 is 10.6 Å². The van der Waals surface area contributed by atoms with E-state index in [4.69, 9.17) is 11.6 Å². The van der Waals surface area contributed by atoms with Gasteiger partial charge in [0.15, 0.2) is 0 Å². The summed E-state index contributed by atoms with van der Waals surface area (Å²) in [4.78, 5) is 26.4. The lowest BCUT2D eigenvalue weighted by molar-refractivity contribution is -0.137. The van der Waals surface area contributed by atoms with Gasteiger partial charge < -0.3 is 10.6 Å². The fourth-order valence-electron chi connectivity index (χ4n) is 4.58. The second-order valence-electron chi connectivity index (χ2n) is 8.83. The van der Waals surface area contributed by atoms with E-state index in [0.29, 0.717) is 12.1 Å². The molecule has 1 aliphatic heterocycles. The van der Waals surface area contributed by atoms with Crippen LogP contribution >= 0.6 is 11.6 Å². The second-order valence-corrected chi connectivity index (χ2v) is 9.99. The van der Waals surface area contributed by atoms with Crippen LogP contribution in [-0.4, -0.2) is 38.3 Å². The quantitative estimate of drug-likeness (QED) is 0.232. The van der Waals surface area contributed by atoms with E-state index in [9.17, 15) is 40.3 Å². The maximum absolute atomic E-state index is 14.3. The molecule has 3 aromatic carbocycles. The van der Waals surface area contributed by atoms with E-state index in [2.05, 4.69) is 26.0 Å². The molecular weight excluding hydrogens is 585 g/mol. The molecular formula is C25H13ClF7N4O2Si. The number of hydrogen-bond acceptors (Lipinski definition) is 3. The molecule has 3 radical (unpaired) electrons. The van der Waals surface area contributed by atoms with Crippen molar-refractivity contribution < 1.29 is 40.3 Å². The summed E-state index contributed by atoms with van der Waals surface area (Å²) in [6, 6.07) is 5.64. The van der Waals surface area contributed by atoms with Crippen LogP contribution in [0.1, 0.15) is 37.4 Å². The van der Waals surface area contributed by atoms with Crippen molar-refractivity contribution in [2.24, 2.45) is 0 Å². The van der Waals surface area contributed by atoms with Crippen molar-refractivity contribution in [3.63, 3.8) is 0 Å². The molecule has 2 amide bonds. The molecule has 1 aliphatic rings. The molecule has 0 spiro atoms. The normalized spacial score (nSPS) is 16.9. The summed E-state index contributed by atoms with van der Waals surface area (Å²) in [5.41, 5.74) is -2.66. The molecule has 40 heavy (non-hydrogen) atoms. The Hall–Kier alpha value is -3.91. The Morgan fingerprint density at radius 3 is 2.52 bits per heavy atom. The van der Waals surface area contributed by atoms with Crippen LogP contribution in [0.4, 0.5) is 36.4 Å². The van der Waals surface area contributed by atoms with Crippen molar-refractivity contribution in [1.82, 2.24) is 15.1 Å². The molecule has 15 heteroatoms. The summed E-state index contributed by atoms with van der Waals surface area (Å²) in [6.45, 7) is -0.884. The standard InChI is InChI=1S/C25H13ClF7N4O2Si/c26-16-2-1-12(27)6-15(16)24(40)21-17(35-22(38)10-3-11(25(31,32)33)5-13(28)4-10)7-18-14(20(21)23(39)36-24)8-34-37(18)9-19(29)30/h1-8,19H,9H2,(H,35,38)(H,36,39)/t24-/m0/s1. The van der Waals surface area contributed by atoms with E-state index in [0.717, 1.165) is 23.0 Å². The lowest BCUT2D eigenvalue weighted by atomic mass is 9.93. The molecule has 5 rings (SSSR count). The van der Waals surface area contributed by atoms with Crippen molar-refractivity contribution in [2.75, 3.05) is 5.32 Å². The lowest BCUT2D eigenvalue weighted by Crippen LogP contribution is -2.41. The van der Waals surface area contributed by atoms with E-state index in [1.54, 1.807) is 0 Å². The van der Waals surface area contributed by atoms with Crippen molar-refractivity contribution in [1.29, 1.82) is 0 Å². The average molecular weight is 598 g/mol. The minimum absolute atomic E-state index is 0.0159. The van der Waals surface area contributed by atoms with E-state index in [1.165, 1.54) is 12.1 Å². The SMILES string of the molecule is O=C(Nc1cc2c(cnn2CC(F)F)c2c1[C@@]([Si])(c1cc(F)ccc1Cl)NC2=O)c1cc(F)cc(C(F)(F)F)c1. The molecule has 205 valence electrons. The van der Waals surface area contributed by atoms with Gasteiger partial charge in [0, 0.05) is 27.2 Å². The summed E-state index contributed by atoms with van der Waals surface area (Å²) < 4.78 is 95.3. The van der Waals surface area contributed by atoms with Crippen LogP contribution in [0.2, 0.25) is 5.02 Å². The van der Waals surface area contributed by atoms with Crippen molar-refractivity contribution in [2.45, 2.75) is 24.3 Å². The zero-order valence-electron chi connectivity index (χ0n) is 19.6. The summed E-state index contributed by atoms with van der Waals surface area (Å²) in [7, 11) is 3.44. The third kappa shape index (κ3) is 4.70. The highest BCUT2D eigenvalue weighted by atomic mass is 35.5. The molecule has 0 unspecified atom stereocenters. The minimum Gasteiger partial charge on any atom is -0.342 e. The van der Waals surface area contributed by atoms with Gasteiger partial charge in [-0.05, 0) is 48.0 Å². The number of benzene rings is 3. The molecule has 0 fully saturated rings. The lowest BCUT2D eigenvalue weighted by Gasteiger charge is -2.29. The van der Waals surface area contributed by atoms with E-state index in [-0.39, 0.29) is 44.4 Å². The number of carbonyl (C=O) groups is 2. The molecule has 0 bridgehead atoms. The number of carbonyl (C=O) groups excluding carboxylic acids is 2. The van der Waals surface area contributed by atoms with Gasteiger partial charge in [0.1, 0.15) is 18.2 Å². The largest absolute Gasteiger partial charge is 0.416 e. The molecule has 6 nitrogen and oxygen atoms in total. The molecule has 1 aromatic heterocycles. The van der Waals surface area contributed by atoms with Crippen LogP contribution in [0.25, 0.3) is 10.9 Å². The number of anilines is 1. The van der Waals surface area contributed by atoms with Crippen molar-refractivity contribution in [3.05, 3.63) is 93.1 Å². The van der Waals surface area contributed by atoms with Gasteiger partial charge >= 0.3 is 6.18 Å². The summed E-state index contributed by atoms with van der Waals surface area (Å²) in [5.74, 6) is -4.08. The maximum Gasteiger partial charge on any atom is 0.416 e. The number of alkyl halides is 5. The van der Waals surface area contributed by atoms with Crippen molar-refractivity contribution >= 4 is 50.2 Å². The third-order valence-electron chi connectivity index (χ3n) is 6.23. The Balaban J connectivity index is 1.74. The number of amides is 2. The average Bonchev–Trinajstić information content (AvgIpc) is 3.37. The van der Waals surface area contributed by atoms with Gasteiger partial charge in [-0.25, -0.2) is 17.6 Å². The Labute approximate surface area is 228 Å². The predicted octanol–water partition coefficient (Wildman–Crippen LogP) is 5.62. The first-order valence-electron chi connectivity index (χ1n) is 11.2. The predicted molar refractivity (Wildman–Crippen MR) is 131 cm³/mol. The highest BCUT2D eigenvalue weighted by Crippen LogP contribution is 2.45. The van der Waals surface area contributed by atoms with Gasteiger partial charge in [0.2, 0.25) is 0 Å². The minimum atomic E-state index is -4.96. The first-order valence-corrected chi connectivity index (χ1v) is 12.1. The maximum atomic E-state index is 14.3. The number of aromatic nitrogens is 2. The highest BCUT2D eigenvalue weighted by Gasteiger charge is 2.45. The topological polar surface area (TPSA) is 76.0 Å². The van der Waals surface area contributed by atoms with Crippen LogP contribution in [0.3, 0.4) is 0 Å². The summed E-state index contributed by atoms with van der Waals surface area (Å²) in [5, 5.41) is 7.10. The van der Waals surface area contributed by atoms with Gasteiger partial charge in [0.05, 0.1) is 38.2 Å². The highest BCUT2D eigenvalue weighted by molar-refractivity contribution is 6.34. The van der Waals surface area contributed by atoms with E-state index in [1.807, 2.05) is 0 Å². The van der Waals surface area contributed by atoms with Gasteiger partial charge in [0.25, 0.3) is 18.2 Å². The Kier molecular flexibility index (Phi) is 6.65. The van der Waals surface area contributed by atoms with Crippen LogP contribution in [0, 0.1) is 11.6 Å².